The van der Waals surface area contributed by atoms with E-state index in [2.05, 4.69) is 35.3 Å². The quantitative estimate of drug-likeness (QED) is 0.862. The maximum Gasteiger partial charge on any atom is 0.238 e. The molecule has 0 spiro atoms. The normalized spacial score (nSPS) is 19.3. The number of carbonyl (C=O) groups is 1. The van der Waals surface area contributed by atoms with Crippen molar-refractivity contribution in [2.45, 2.75) is 39.2 Å². The molecule has 1 amide bonds. The fourth-order valence-corrected chi connectivity index (χ4v) is 4.04. The predicted octanol–water partition coefficient (Wildman–Crippen LogP) is 4.24. The first kappa shape index (κ1) is 18.8. The molecular formula is C23H28N2O3. The van der Waals surface area contributed by atoms with Crippen LogP contribution in [0.15, 0.2) is 36.4 Å². The Hall–Kier alpha value is -2.53. The van der Waals surface area contributed by atoms with Crippen molar-refractivity contribution in [1.29, 1.82) is 0 Å². The van der Waals surface area contributed by atoms with Crippen LogP contribution in [0.25, 0.3) is 0 Å². The van der Waals surface area contributed by atoms with Gasteiger partial charge in [0.2, 0.25) is 5.91 Å². The molecule has 1 atom stereocenters. The number of aryl methyl sites for hydroxylation is 1. The molecule has 2 heterocycles. The Kier molecular flexibility index (Phi) is 5.53. The Morgan fingerprint density at radius 1 is 1.11 bits per heavy atom. The monoisotopic (exact) mass is 380 g/mol. The first-order chi connectivity index (χ1) is 13.6. The summed E-state index contributed by atoms with van der Waals surface area (Å²) in [6, 6.07) is 12.4. The average Bonchev–Trinajstić information content (AvgIpc) is 3.00. The molecule has 2 aliphatic rings. The van der Waals surface area contributed by atoms with E-state index in [1.54, 1.807) is 0 Å². The van der Waals surface area contributed by atoms with Gasteiger partial charge in [-0.1, -0.05) is 18.2 Å². The zero-order chi connectivity index (χ0) is 19.5. The summed E-state index contributed by atoms with van der Waals surface area (Å²) in [5, 5.41) is 3.08. The van der Waals surface area contributed by atoms with E-state index in [0.717, 1.165) is 48.6 Å². The molecule has 1 saturated heterocycles. The summed E-state index contributed by atoms with van der Waals surface area (Å²) >= 11 is 0. The Morgan fingerprint density at radius 2 is 1.93 bits per heavy atom. The van der Waals surface area contributed by atoms with E-state index >= 15 is 0 Å². The first-order valence-corrected chi connectivity index (χ1v) is 10.1. The lowest BCUT2D eigenvalue weighted by Gasteiger charge is -2.25. The number of fused-ring (bicyclic) bond motifs is 1. The van der Waals surface area contributed by atoms with Crippen molar-refractivity contribution in [1.82, 2.24) is 4.90 Å². The average molecular weight is 380 g/mol. The van der Waals surface area contributed by atoms with Crippen LogP contribution in [0.2, 0.25) is 0 Å². The lowest BCUT2D eigenvalue weighted by molar-refractivity contribution is -0.117. The molecular weight excluding hydrogens is 352 g/mol. The number of anilines is 1. The Labute approximate surface area is 166 Å². The van der Waals surface area contributed by atoms with E-state index < -0.39 is 0 Å². The van der Waals surface area contributed by atoms with Crippen LogP contribution < -0.4 is 14.8 Å². The second kappa shape index (κ2) is 8.23. The van der Waals surface area contributed by atoms with Crippen molar-refractivity contribution >= 4 is 11.6 Å². The van der Waals surface area contributed by atoms with Gasteiger partial charge in [-0.05, 0) is 68.1 Å². The number of nitrogens with zero attached hydrogens (tertiary/aromatic N) is 1. The predicted molar refractivity (Wildman–Crippen MR) is 110 cm³/mol. The van der Waals surface area contributed by atoms with E-state index in [1.807, 2.05) is 25.1 Å². The second-order valence-corrected chi connectivity index (χ2v) is 7.68. The van der Waals surface area contributed by atoms with Crippen LogP contribution in [0.5, 0.6) is 11.5 Å². The number of carbonyl (C=O) groups excluding carboxylic acids is 1. The fourth-order valence-electron chi connectivity index (χ4n) is 4.04. The van der Waals surface area contributed by atoms with Crippen LogP contribution in [-0.4, -0.2) is 37.1 Å². The Morgan fingerprint density at radius 3 is 2.79 bits per heavy atom. The lowest BCUT2D eigenvalue weighted by Crippen LogP contribution is -2.33. The summed E-state index contributed by atoms with van der Waals surface area (Å²) in [7, 11) is 0. The van der Waals surface area contributed by atoms with Gasteiger partial charge in [-0.3, -0.25) is 9.69 Å². The van der Waals surface area contributed by atoms with Crippen molar-refractivity contribution in [3.05, 3.63) is 53.1 Å². The van der Waals surface area contributed by atoms with Gasteiger partial charge in [0.05, 0.1) is 19.8 Å². The van der Waals surface area contributed by atoms with Gasteiger partial charge in [-0.2, -0.15) is 0 Å². The molecule has 0 aliphatic carbocycles. The number of amides is 1. The number of benzene rings is 2. The number of hydrogen-bond donors (Lipinski definition) is 1. The molecule has 0 radical (unpaired) electrons. The molecule has 0 unspecified atom stereocenters. The molecule has 0 aromatic heterocycles. The summed E-state index contributed by atoms with van der Waals surface area (Å²) in [4.78, 5) is 15.0. The van der Waals surface area contributed by atoms with E-state index in [9.17, 15) is 4.79 Å². The highest BCUT2D eigenvalue weighted by Crippen LogP contribution is 2.37. The maximum atomic E-state index is 12.7. The number of hydrogen-bond acceptors (Lipinski definition) is 4. The van der Waals surface area contributed by atoms with E-state index in [0.29, 0.717) is 19.8 Å². The summed E-state index contributed by atoms with van der Waals surface area (Å²) in [6.07, 6.45) is 3.05. The van der Waals surface area contributed by atoms with Gasteiger partial charge in [0.1, 0.15) is 0 Å². The summed E-state index contributed by atoms with van der Waals surface area (Å²) in [5.74, 6) is 1.68. The molecule has 2 aromatic carbocycles. The largest absolute Gasteiger partial charge is 0.490 e. The van der Waals surface area contributed by atoms with Crippen molar-refractivity contribution in [3.8, 4) is 11.5 Å². The second-order valence-electron chi connectivity index (χ2n) is 7.68. The van der Waals surface area contributed by atoms with Crippen LogP contribution in [0, 0.1) is 13.8 Å². The van der Waals surface area contributed by atoms with Crippen molar-refractivity contribution < 1.29 is 14.3 Å². The van der Waals surface area contributed by atoms with Gasteiger partial charge in [0, 0.05) is 18.2 Å². The highest BCUT2D eigenvalue weighted by Gasteiger charge is 2.28. The van der Waals surface area contributed by atoms with Gasteiger partial charge in [-0.15, -0.1) is 0 Å². The van der Waals surface area contributed by atoms with Gasteiger partial charge in [-0.25, -0.2) is 0 Å². The van der Waals surface area contributed by atoms with Gasteiger partial charge < -0.3 is 14.8 Å². The number of ether oxygens (including phenoxy) is 2. The smallest absolute Gasteiger partial charge is 0.238 e. The van der Waals surface area contributed by atoms with Gasteiger partial charge in [0.15, 0.2) is 11.5 Å². The van der Waals surface area contributed by atoms with Gasteiger partial charge in [0.25, 0.3) is 0 Å². The fraction of sp³-hybridized carbons (Fsp3) is 0.435. The topological polar surface area (TPSA) is 50.8 Å². The molecule has 1 N–H and O–H groups in total. The molecule has 1 fully saturated rings. The third kappa shape index (κ3) is 3.99. The minimum atomic E-state index is 0.0370. The third-order valence-corrected chi connectivity index (χ3v) is 5.75. The summed E-state index contributed by atoms with van der Waals surface area (Å²) in [5.41, 5.74) is 4.40. The summed E-state index contributed by atoms with van der Waals surface area (Å²) in [6.45, 7) is 6.81. The molecule has 0 saturated carbocycles. The molecule has 5 nitrogen and oxygen atoms in total. The minimum Gasteiger partial charge on any atom is -0.490 e. The molecule has 2 aromatic rings. The number of rotatable bonds is 4. The minimum absolute atomic E-state index is 0.0370. The van der Waals surface area contributed by atoms with Crippen LogP contribution in [0.3, 0.4) is 0 Å². The molecule has 148 valence electrons. The van der Waals surface area contributed by atoms with Crippen LogP contribution in [0.4, 0.5) is 5.69 Å². The van der Waals surface area contributed by atoms with E-state index in [1.165, 1.54) is 11.1 Å². The zero-order valence-corrected chi connectivity index (χ0v) is 16.7. The standard InChI is InChI=1S/C23H28N2O3/c1-16-6-3-7-19(17(16)2)24-23(26)15-25-11-4-8-20(25)18-9-10-21-22(14-18)28-13-5-12-27-21/h3,6-7,9-10,14,20H,4-5,8,11-13,15H2,1-2H3,(H,24,26)/t20-/m1/s1. The van der Waals surface area contributed by atoms with Crippen molar-refractivity contribution in [2.75, 3.05) is 31.6 Å². The molecule has 0 bridgehead atoms. The Bertz CT molecular complexity index is 865. The molecule has 28 heavy (non-hydrogen) atoms. The van der Waals surface area contributed by atoms with Crippen LogP contribution >= 0.6 is 0 Å². The van der Waals surface area contributed by atoms with Crippen molar-refractivity contribution in [2.24, 2.45) is 0 Å². The number of nitrogens with one attached hydrogen (secondary N) is 1. The van der Waals surface area contributed by atoms with E-state index in [-0.39, 0.29) is 11.9 Å². The zero-order valence-electron chi connectivity index (χ0n) is 16.7. The van der Waals surface area contributed by atoms with Crippen LogP contribution in [0.1, 0.15) is 42.0 Å². The maximum absolute atomic E-state index is 12.7. The summed E-state index contributed by atoms with van der Waals surface area (Å²) < 4.78 is 11.6. The highest BCUT2D eigenvalue weighted by atomic mass is 16.5. The van der Waals surface area contributed by atoms with E-state index in [4.69, 9.17) is 9.47 Å². The highest BCUT2D eigenvalue weighted by molar-refractivity contribution is 5.93. The molecule has 4 rings (SSSR count). The Balaban J connectivity index is 1.46. The lowest BCUT2D eigenvalue weighted by atomic mass is 10.0. The third-order valence-electron chi connectivity index (χ3n) is 5.75. The number of likely N-dealkylation sites (tertiary alicyclic amines) is 1. The first-order valence-electron chi connectivity index (χ1n) is 10.1. The van der Waals surface area contributed by atoms with Gasteiger partial charge >= 0.3 is 0 Å². The molecule has 2 aliphatic heterocycles. The SMILES string of the molecule is Cc1cccc(NC(=O)CN2CCC[C@@H]2c2ccc3c(c2)OCCCO3)c1C. The molecule has 5 heteroatoms. The van der Waals surface area contributed by atoms with Crippen LogP contribution in [-0.2, 0) is 4.79 Å². The van der Waals surface area contributed by atoms with Crippen molar-refractivity contribution in [3.63, 3.8) is 0 Å².